The van der Waals surface area contributed by atoms with Gasteiger partial charge in [-0.1, -0.05) is 0 Å². The van der Waals surface area contributed by atoms with Crippen molar-refractivity contribution in [3.63, 3.8) is 0 Å². The van der Waals surface area contributed by atoms with Gasteiger partial charge in [0, 0.05) is 43.0 Å². The Morgan fingerprint density at radius 1 is 0.958 bits per heavy atom. The van der Waals surface area contributed by atoms with Gasteiger partial charge in [0.25, 0.3) is 0 Å². The fourth-order valence-corrected chi connectivity index (χ4v) is 2.19. The highest BCUT2D eigenvalue weighted by Crippen LogP contribution is 2.18. The molecule has 2 rings (SSSR count). The topological polar surface area (TPSA) is 32.3 Å². The van der Waals surface area contributed by atoms with Crippen molar-refractivity contribution in [3.8, 4) is 0 Å². The molecule has 0 saturated carbocycles. The summed E-state index contributed by atoms with van der Waals surface area (Å²) in [5.41, 5.74) is 0.604. The molecular weight excluding hydrogens is 324 g/mol. The number of carbonyl (C=O) groups is 1. The molecule has 0 fully saturated rings. The molecule has 0 aromatic heterocycles. The number of nitrogens with zero attached hydrogens (tertiary/aromatic N) is 1. The minimum Gasteiger partial charge on any atom is -0.371 e. The first-order valence-electron chi connectivity index (χ1n) is 7.35. The van der Waals surface area contributed by atoms with Gasteiger partial charge in [0.15, 0.2) is 23.3 Å². The molecule has 0 unspecified atom stereocenters. The van der Waals surface area contributed by atoms with E-state index in [0.717, 1.165) is 24.3 Å². The van der Waals surface area contributed by atoms with Gasteiger partial charge in [-0.3, -0.25) is 4.79 Å². The molecule has 0 heterocycles. The summed E-state index contributed by atoms with van der Waals surface area (Å²) < 4.78 is 52.2. The maximum Gasteiger partial charge on any atom is 0.226 e. The fraction of sp³-hybridized carbons (Fsp3) is 0.235. The number of carbonyl (C=O) groups excluding carboxylic acids is 1. The predicted molar refractivity (Wildman–Crippen MR) is 83.8 cm³/mol. The second kappa shape index (κ2) is 7.81. The van der Waals surface area contributed by atoms with E-state index in [9.17, 15) is 22.4 Å². The van der Waals surface area contributed by atoms with Crippen molar-refractivity contribution < 1.29 is 22.4 Å². The number of amides is 1. The SMILES string of the molecule is CCN(CCC(=O)Nc1ccc(F)c(F)c1)c1ccc(F)c(F)c1. The average Bonchev–Trinajstić information content (AvgIpc) is 2.54. The largest absolute Gasteiger partial charge is 0.371 e. The van der Waals surface area contributed by atoms with E-state index in [2.05, 4.69) is 5.32 Å². The van der Waals surface area contributed by atoms with Crippen LogP contribution in [0.3, 0.4) is 0 Å². The number of hydrogen-bond donors (Lipinski definition) is 1. The lowest BCUT2D eigenvalue weighted by Gasteiger charge is -2.23. The molecule has 0 aliphatic heterocycles. The second-order valence-corrected chi connectivity index (χ2v) is 5.11. The van der Waals surface area contributed by atoms with Gasteiger partial charge < -0.3 is 10.2 Å². The summed E-state index contributed by atoms with van der Waals surface area (Å²) in [4.78, 5) is 13.6. The molecule has 3 nitrogen and oxygen atoms in total. The Hall–Kier alpha value is -2.57. The number of benzene rings is 2. The van der Waals surface area contributed by atoms with Crippen LogP contribution in [0.15, 0.2) is 36.4 Å². The lowest BCUT2D eigenvalue weighted by Crippen LogP contribution is -2.27. The maximum absolute atomic E-state index is 13.3. The smallest absolute Gasteiger partial charge is 0.226 e. The Morgan fingerprint density at radius 2 is 1.58 bits per heavy atom. The zero-order valence-electron chi connectivity index (χ0n) is 13.0. The van der Waals surface area contributed by atoms with E-state index >= 15 is 0 Å². The third-order valence-electron chi connectivity index (χ3n) is 3.46. The van der Waals surface area contributed by atoms with Crippen LogP contribution >= 0.6 is 0 Å². The molecule has 0 aliphatic rings. The van der Waals surface area contributed by atoms with E-state index in [1.807, 2.05) is 6.92 Å². The molecule has 0 spiro atoms. The van der Waals surface area contributed by atoms with Crippen LogP contribution in [0.1, 0.15) is 13.3 Å². The van der Waals surface area contributed by atoms with Gasteiger partial charge >= 0.3 is 0 Å². The van der Waals surface area contributed by atoms with E-state index in [0.29, 0.717) is 12.2 Å². The minimum atomic E-state index is -1.05. The second-order valence-electron chi connectivity index (χ2n) is 5.11. The van der Waals surface area contributed by atoms with Crippen LogP contribution in [0, 0.1) is 23.3 Å². The van der Waals surface area contributed by atoms with Gasteiger partial charge in [-0.25, -0.2) is 17.6 Å². The average molecular weight is 340 g/mol. The fourth-order valence-electron chi connectivity index (χ4n) is 2.19. The van der Waals surface area contributed by atoms with Crippen molar-refractivity contribution in [2.24, 2.45) is 0 Å². The molecule has 2 aromatic carbocycles. The first kappa shape index (κ1) is 17.8. The number of hydrogen-bond acceptors (Lipinski definition) is 2. The van der Waals surface area contributed by atoms with Crippen molar-refractivity contribution in [1.82, 2.24) is 0 Å². The van der Waals surface area contributed by atoms with Gasteiger partial charge in [-0.15, -0.1) is 0 Å². The zero-order valence-corrected chi connectivity index (χ0v) is 13.0. The molecule has 0 bridgehead atoms. The Labute approximate surface area is 136 Å². The van der Waals surface area contributed by atoms with E-state index in [1.54, 1.807) is 4.90 Å². The van der Waals surface area contributed by atoms with Crippen molar-refractivity contribution in [2.45, 2.75) is 13.3 Å². The minimum absolute atomic E-state index is 0.0475. The summed E-state index contributed by atoms with van der Waals surface area (Å²) in [5.74, 6) is -4.35. The van der Waals surface area contributed by atoms with Crippen LogP contribution in [0.25, 0.3) is 0 Å². The summed E-state index contributed by atoms with van der Waals surface area (Å²) in [7, 11) is 0. The van der Waals surface area contributed by atoms with E-state index in [1.165, 1.54) is 12.1 Å². The van der Waals surface area contributed by atoms with Crippen molar-refractivity contribution in [2.75, 3.05) is 23.3 Å². The number of halogens is 4. The van der Waals surface area contributed by atoms with Gasteiger partial charge in [0.2, 0.25) is 5.91 Å². The molecule has 0 atom stereocenters. The van der Waals surface area contributed by atoms with Crippen LogP contribution < -0.4 is 10.2 Å². The summed E-state index contributed by atoms with van der Waals surface area (Å²) in [6.45, 7) is 2.56. The summed E-state index contributed by atoms with van der Waals surface area (Å²) in [6.07, 6.45) is 0.0475. The molecule has 24 heavy (non-hydrogen) atoms. The van der Waals surface area contributed by atoms with Crippen LogP contribution in [-0.4, -0.2) is 19.0 Å². The first-order valence-corrected chi connectivity index (χ1v) is 7.35. The highest BCUT2D eigenvalue weighted by atomic mass is 19.2. The van der Waals surface area contributed by atoms with E-state index in [-0.39, 0.29) is 18.7 Å². The standard InChI is InChI=1S/C17H16F4N2O/c1-2-23(12-4-6-14(19)16(21)10-12)8-7-17(24)22-11-3-5-13(18)15(20)9-11/h3-6,9-10H,2,7-8H2,1H3,(H,22,24). The predicted octanol–water partition coefficient (Wildman–Crippen LogP) is 4.10. The molecule has 0 radical (unpaired) electrons. The van der Waals surface area contributed by atoms with Gasteiger partial charge in [-0.05, 0) is 31.2 Å². The van der Waals surface area contributed by atoms with E-state index < -0.39 is 29.2 Å². The molecule has 128 valence electrons. The third kappa shape index (κ3) is 4.47. The van der Waals surface area contributed by atoms with Gasteiger partial charge in [-0.2, -0.15) is 0 Å². The van der Waals surface area contributed by atoms with Crippen molar-refractivity contribution in [1.29, 1.82) is 0 Å². The highest BCUT2D eigenvalue weighted by molar-refractivity contribution is 5.91. The van der Waals surface area contributed by atoms with E-state index in [4.69, 9.17) is 0 Å². The number of nitrogens with one attached hydrogen (secondary N) is 1. The molecule has 7 heteroatoms. The molecule has 0 aliphatic carbocycles. The van der Waals surface area contributed by atoms with Gasteiger partial charge in [0.05, 0.1) is 0 Å². The van der Waals surface area contributed by atoms with Crippen LogP contribution in [-0.2, 0) is 4.79 Å². The molecule has 2 aromatic rings. The quantitative estimate of drug-likeness (QED) is 0.803. The highest BCUT2D eigenvalue weighted by Gasteiger charge is 2.11. The Balaban J connectivity index is 1.95. The number of anilines is 2. The number of rotatable bonds is 6. The van der Waals surface area contributed by atoms with Crippen molar-refractivity contribution in [3.05, 3.63) is 59.7 Å². The summed E-state index contributed by atoms with van der Waals surface area (Å²) in [6, 6.07) is 6.57. The Bertz CT molecular complexity index is 737. The summed E-state index contributed by atoms with van der Waals surface area (Å²) in [5, 5.41) is 2.46. The van der Waals surface area contributed by atoms with Crippen molar-refractivity contribution >= 4 is 17.3 Å². The van der Waals surface area contributed by atoms with Gasteiger partial charge in [0.1, 0.15) is 0 Å². The Morgan fingerprint density at radius 3 is 2.17 bits per heavy atom. The molecule has 0 saturated heterocycles. The third-order valence-corrected chi connectivity index (χ3v) is 3.46. The first-order chi connectivity index (χ1) is 11.4. The van der Waals surface area contributed by atoms with Crippen LogP contribution in [0.5, 0.6) is 0 Å². The maximum atomic E-state index is 13.3. The van der Waals surface area contributed by atoms with Crippen LogP contribution in [0.2, 0.25) is 0 Å². The van der Waals surface area contributed by atoms with Crippen LogP contribution in [0.4, 0.5) is 28.9 Å². The lowest BCUT2D eigenvalue weighted by molar-refractivity contribution is -0.116. The molecule has 1 amide bonds. The molecular formula is C17H16F4N2O. The molecule has 1 N–H and O–H groups in total. The monoisotopic (exact) mass is 340 g/mol. The zero-order chi connectivity index (χ0) is 17.7. The lowest BCUT2D eigenvalue weighted by atomic mass is 10.2. The summed E-state index contributed by atoms with van der Waals surface area (Å²) >= 11 is 0. The normalized spacial score (nSPS) is 10.5. The Kier molecular flexibility index (Phi) is 5.78.